The number of benzene rings is 2. The van der Waals surface area contributed by atoms with E-state index in [1.807, 2.05) is 56.3 Å². The highest BCUT2D eigenvalue weighted by atomic mass is 16.5. The van der Waals surface area contributed by atoms with Crippen LogP contribution in [0.25, 0.3) is 0 Å². The Kier molecular flexibility index (Phi) is 5.26. The van der Waals surface area contributed by atoms with Crippen molar-refractivity contribution in [1.29, 1.82) is 0 Å². The Bertz CT molecular complexity index is 832. The quantitative estimate of drug-likeness (QED) is 0.900. The molecule has 1 fully saturated rings. The SMILES string of the molecule is COc1ccc(C)cc1N1CC(C(=O)NCc2cccc(C)c2)CC1=O. The smallest absolute Gasteiger partial charge is 0.227 e. The normalized spacial score (nSPS) is 16.7. The van der Waals surface area contributed by atoms with Gasteiger partial charge in [-0.1, -0.05) is 35.9 Å². The second kappa shape index (κ2) is 7.60. The lowest BCUT2D eigenvalue weighted by Crippen LogP contribution is -2.32. The number of carbonyl (C=O) groups excluding carboxylic acids is 2. The first-order chi connectivity index (χ1) is 12.5. The lowest BCUT2D eigenvalue weighted by Gasteiger charge is -2.20. The number of ether oxygens (including phenoxy) is 1. The Labute approximate surface area is 154 Å². The van der Waals surface area contributed by atoms with Gasteiger partial charge >= 0.3 is 0 Å². The maximum Gasteiger partial charge on any atom is 0.227 e. The predicted octanol–water partition coefficient (Wildman–Crippen LogP) is 2.98. The maximum atomic E-state index is 12.5. The van der Waals surface area contributed by atoms with Crippen LogP contribution in [0.5, 0.6) is 5.75 Å². The molecule has 1 unspecified atom stereocenters. The molecule has 0 bridgehead atoms. The van der Waals surface area contributed by atoms with Crippen LogP contribution in [0.3, 0.4) is 0 Å². The lowest BCUT2D eigenvalue weighted by molar-refractivity contribution is -0.126. The number of aryl methyl sites for hydroxylation is 2. The number of nitrogens with one attached hydrogen (secondary N) is 1. The molecule has 2 aromatic carbocycles. The summed E-state index contributed by atoms with van der Waals surface area (Å²) >= 11 is 0. The standard InChI is InChI=1S/C21H24N2O3/c1-14-5-4-6-16(9-14)12-22-21(25)17-11-20(24)23(13-17)18-10-15(2)7-8-19(18)26-3/h4-10,17H,11-13H2,1-3H3,(H,22,25). The van der Waals surface area contributed by atoms with Gasteiger partial charge in [0.15, 0.2) is 0 Å². The number of anilines is 1. The van der Waals surface area contributed by atoms with Crippen LogP contribution in [-0.2, 0) is 16.1 Å². The number of rotatable bonds is 5. The van der Waals surface area contributed by atoms with Crippen LogP contribution in [0.4, 0.5) is 5.69 Å². The fraction of sp³-hybridized carbons (Fsp3) is 0.333. The minimum Gasteiger partial charge on any atom is -0.495 e. The summed E-state index contributed by atoms with van der Waals surface area (Å²) in [5, 5.41) is 2.95. The minimum atomic E-state index is -0.350. The zero-order valence-electron chi connectivity index (χ0n) is 15.4. The van der Waals surface area contributed by atoms with Gasteiger partial charge in [-0.3, -0.25) is 9.59 Å². The van der Waals surface area contributed by atoms with Crippen molar-refractivity contribution in [2.75, 3.05) is 18.6 Å². The Morgan fingerprint density at radius 3 is 2.69 bits per heavy atom. The Balaban J connectivity index is 1.67. The molecule has 0 aliphatic carbocycles. The summed E-state index contributed by atoms with van der Waals surface area (Å²) in [6, 6.07) is 13.7. The van der Waals surface area contributed by atoms with E-state index in [0.717, 1.165) is 22.4 Å². The summed E-state index contributed by atoms with van der Waals surface area (Å²) in [4.78, 5) is 26.7. The first-order valence-corrected chi connectivity index (χ1v) is 8.76. The molecule has 1 heterocycles. The molecule has 0 spiro atoms. The van der Waals surface area contributed by atoms with Crippen molar-refractivity contribution in [2.45, 2.75) is 26.8 Å². The molecule has 5 nitrogen and oxygen atoms in total. The lowest BCUT2D eigenvalue weighted by atomic mass is 10.1. The highest BCUT2D eigenvalue weighted by Crippen LogP contribution is 2.33. The fourth-order valence-electron chi connectivity index (χ4n) is 3.28. The van der Waals surface area contributed by atoms with E-state index < -0.39 is 0 Å². The molecular weight excluding hydrogens is 328 g/mol. The van der Waals surface area contributed by atoms with Gasteiger partial charge in [0.25, 0.3) is 0 Å². The average molecular weight is 352 g/mol. The van der Waals surface area contributed by atoms with Crippen LogP contribution in [0.2, 0.25) is 0 Å². The van der Waals surface area contributed by atoms with E-state index >= 15 is 0 Å². The molecule has 1 aliphatic heterocycles. The van der Waals surface area contributed by atoms with Crippen molar-refractivity contribution in [1.82, 2.24) is 5.32 Å². The largest absolute Gasteiger partial charge is 0.495 e. The van der Waals surface area contributed by atoms with Gasteiger partial charge in [-0.25, -0.2) is 0 Å². The second-order valence-electron chi connectivity index (χ2n) is 6.79. The van der Waals surface area contributed by atoms with Gasteiger partial charge in [-0.15, -0.1) is 0 Å². The summed E-state index contributed by atoms with van der Waals surface area (Å²) in [5.74, 6) is 0.154. The van der Waals surface area contributed by atoms with Crippen molar-refractivity contribution in [2.24, 2.45) is 5.92 Å². The van der Waals surface area contributed by atoms with Crippen LogP contribution in [-0.4, -0.2) is 25.5 Å². The number of nitrogens with zero attached hydrogens (tertiary/aromatic N) is 1. The van der Waals surface area contributed by atoms with Crippen LogP contribution in [0.15, 0.2) is 42.5 Å². The summed E-state index contributed by atoms with van der Waals surface area (Å²) < 4.78 is 5.38. The van der Waals surface area contributed by atoms with E-state index in [9.17, 15) is 9.59 Å². The van der Waals surface area contributed by atoms with Crippen LogP contribution >= 0.6 is 0 Å². The average Bonchev–Trinajstić information content (AvgIpc) is 3.01. The molecular formula is C21H24N2O3. The number of hydrogen-bond acceptors (Lipinski definition) is 3. The Morgan fingerprint density at radius 1 is 1.19 bits per heavy atom. The van der Waals surface area contributed by atoms with E-state index in [4.69, 9.17) is 4.74 Å². The second-order valence-corrected chi connectivity index (χ2v) is 6.79. The highest BCUT2D eigenvalue weighted by Gasteiger charge is 2.36. The molecule has 3 rings (SSSR count). The molecule has 0 saturated carbocycles. The van der Waals surface area contributed by atoms with Crippen molar-refractivity contribution in [3.05, 3.63) is 59.2 Å². The van der Waals surface area contributed by atoms with Gasteiger partial charge in [0.1, 0.15) is 5.75 Å². The molecule has 1 atom stereocenters. The first-order valence-electron chi connectivity index (χ1n) is 8.76. The third-order valence-corrected chi connectivity index (χ3v) is 4.67. The van der Waals surface area contributed by atoms with E-state index in [2.05, 4.69) is 5.32 Å². The highest BCUT2D eigenvalue weighted by molar-refractivity contribution is 6.01. The molecule has 0 aromatic heterocycles. The number of carbonyl (C=O) groups is 2. The molecule has 26 heavy (non-hydrogen) atoms. The third-order valence-electron chi connectivity index (χ3n) is 4.67. The van der Waals surface area contributed by atoms with Gasteiger partial charge in [-0.05, 0) is 37.1 Å². The topological polar surface area (TPSA) is 58.6 Å². The molecule has 2 amide bonds. The zero-order chi connectivity index (χ0) is 18.7. The van der Waals surface area contributed by atoms with Crippen molar-refractivity contribution < 1.29 is 14.3 Å². The van der Waals surface area contributed by atoms with Crippen molar-refractivity contribution in [3.63, 3.8) is 0 Å². The summed E-state index contributed by atoms with van der Waals surface area (Å²) in [6.07, 6.45) is 0.219. The minimum absolute atomic E-state index is 0.0513. The number of methoxy groups -OCH3 is 1. The third kappa shape index (κ3) is 3.87. The predicted molar refractivity (Wildman–Crippen MR) is 101 cm³/mol. The number of amides is 2. The van der Waals surface area contributed by atoms with E-state index in [1.165, 1.54) is 0 Å². The first kappa shape index (κ1) is 18.0. The van der Waals surface area contributed by atoms with Gasteiger partial charge in [0, 0.05) is 19.5 Å². The van der Waals surface area contributed by atoms with Gasteiger partial charge < -0.3 is 15.0 Å². The monoisotopic (exact) mass is 352 g/mol. The maximum absolute atomic E-state index is 12.5. The Hall–Kier alpha value is -2.82. The molecule has 136 valence electrons. The molecule has 1 saturated heterocycles. The van der Waals surface area contributed by atoms with Gasteiger partial charge in [-0.2, -0.15) is 0 Å². The van der Waals surface area contributed by atoms with E-state index in [0.29, 0.717) is 18.8 Å². The number of hydrogen-bond donors (Lipinski definition) is 1. The molecule has 2 aromatic rings. The fourth-order valence-corrected chi connectivity index (χ4v) is 3.28. The van der Waals surface area contributed by atoms with Gasteiger partial charge in [0.05, 0.1) is 18.7 Å². The summed E-state index contributed by atoms with van der Waals surface area (Å²) in [7, 11) is 1.58. The van der Waals surface area contributed by atoms with Crippen LogP contribution in [0, 0.1) is 19.8 Å². The summed E-state index contributed by atoms with van der Waals surface area (Å²) in [6.45, 7) is 4.83. The zero-order valence-corrected chi connectivity index (χ0v) is 15.4. The van der Waals surface area contributed by atoms with Gasteiger partial charge in [0.2, 0.25) is 11.8 Å². The molecule has 1 N–H and O–H groups in total. The molecule has 5 heteroatoms. The van der Waals surface area contributed by atoms with E-state index in [1.54, 1.807) is 12.0 Å². The van der Waals surface area contributed by atoms with E-state index in [-0.39, 0.29) is 24.2 Å². The van der Waals surface area contributed by atoms with Crippen LogP contribution in [0.1, 0.15) is 23.1 Å². The molecule has 1 aliphatic rings. The van der Waals surface area contributed by atoms with Crippen molar-refractivity contribution in [3.8, 4) is 5.75 Å². The van der Waals surface area contributed by atoms with Crippen molar-refractivity contribution >= 4 is 17.5 Å². The van der Waals surface area contributed by atoms with Crippen LogP contribution < -0.4 is 15.0 Å². The molecule has 0 radical (unpaired) electrons. The Morgan fingerprint density at radius 2 is 1.96 bits per heavy atom. The summed E-state index contributed by atoms with van der Waals surface area (Å²) in [5.41, 5.74) is 3.98.